The zero-order chi connectivity index (χ0) is 23.1. The molecule has 2 aromatic carbocycles. The molecule has 1 aromatic heterocycles. The number of rotatable bonds is 6. The van der Waals surface area contributed by atoms with Crippen LogP contribution in [-0.2, 0) is 4.79 Å². The van der Waals surface area contributed by atoms with E-state index in [1.807, 2.05) is 24.3 Å². The van der Waals surface area contributed by atoms with E-state index in [0.29, 0.717) is 40.3 Å². The minimum atomic E-state index is -0.301. The SMILES string of the molecule is COc1cc(-c2[nH]nc3c2C(c2cc(OC)c4c(c2)OCO4)CC(=O)N3)cc(OC)c1OC. The molecule has 2 aliphatic rings. The number of methoxy groups -OCH3 is 4. The van der Waals surface area contributed by atoms with Gasteiger partial charge < -0.3 is 33.7 Å². The Morgan fingerprint density at radius 3 is 2.33 bits per heavy atom. The second kappa shape index (κ2) is 8.12. The number of aromatic nitrogens is 2. The Balaban J connectivity index is 1.67. The summed E-state index contributed by atoms with van der Waals surface area (Å²) in [5.41, 5.74) is 3.19. The number of carbonyl (C=O) groups excluding carboxylic acids is 1. The molecule has 1 unspecified atom stereocenters. The van der Waals surface area contributed by atoms with Crippen LogP contribution in [0.2, 0.25) is 0 Å². The molecule has 2 N–H and O–H groups in total. The van der Waals surface area contributed by atoms with E-state index in [-0.39, 0.29) is 25.0 Å². The Hall–Kier alpha value is -4.08. The van der Waals surface area contributed by atoms with E-state index < -0.39 is 0 Å². The number of nitrogens with one attached hydrogen (secondary N) is 2. The molecule has 3 aromatic rings. The van der Waals surface area contributed by atoms with E-state index in [0.717, 1.165) is 22.4 Å². The summed E-state index contributed by atoms with van der Waals surface area (Å²) >= 11 is 0. The van der Waals surface area contributed by atoms with Gasteiger partial charge in [-0.25, -0.2) is 0 Å². The summed E-state index contributed by atoms with van der Waals surface area (Å²) in [5, 5.41) is 10.3. The Bertz CT molecular complexity index is 1210. The van der Waals surface area contributed by atoms with Gasteiger partial charge in [0.25, 0.3) is 0 Å². The highest BCUT2D eigenvalue weighted by molar-refractivity contribution is 5.96. The molecule has 3 heterocycles. The normalized spacial score (nSPS) is 16.1. The van der Waals surface area contributed by atoms with Crippen LogP contribution in [0.3, 0.4) is 0 Å². The lowest BCUT2D eigenvalue weighted by Crippen LogP contribution is -2.23. The van der Waals surface area contributed by atoms with Gasteiger partial charge in [0.2, 0.25) is 24.2 Å². The van der Waals surface area contributed by atoms with Crippen molar-refractivity contribution in [2.75, 3.05) is 40.5 Å². The van der Waals surface area contributed by atoms with Crippen molar-refractivity contribution in [2.24, 2.45) is 0 Å². The summed E-state index contributed by atoms with van der Waals surface area (Å²) in [6.07, 6.45) is 0.229. The molecular formula is C23H23N3O7. The molecule has 2 aliphatic heterocycles. The van der Waals surface area contributed by atoms with Crippen molar-refractivity contribution in [3.05, 3.63) is 35.4 Å². The number of fused-ring (bicyclic) bond motifs is 2. The highest BCUT2D eigenvalue weighted by atomic mass is 16.7. The van der Waals surface area contributed by atoms with Crippen molar-refractivity contribution >= 4 is 11.7 Å². The van der Waals surface area contributed by atoms with Crippen molar-refractivity contribution in [3.63, 3.8) is 0 Å². The molecule has 1 atom stereocenters. The number of anilines is 1. The van der Waals surface area contributed by atoms with Crippen LogP contribution >= 0.6 is 0 Å². The van der Waals surface area contributed by atoms with Crippen LogP contribution < -0.4 is 33.7 Å². The van der Waals surface area contributed by atoms with Crippen LogP contribution in [-0.4, -0.2) is 51.3 Å². The van der Waals surface area contributed by atoms with E-state index in [1.165, 1.54) is 0 Å². The molecular weight excluding hydrogens is 430 g/mol. The lowest BCUT2D eigenvalue weighted by Gasteiger charge is -2.24. The molecule has 10 nitrogen and oxygen atoms in total. The fourth-order valence-corrected chi connectivity index (χ4v) is 4.34. The number of carbonyl (C=O) groups is 1. The highest BCUT2D eigenvalue weighted by Gasteiger charge is 2.34. The monoisotopic (exact) mass is 453 g/mol. The first-order valence-electron chi connectivity index (χ1n) is 10.2. The largest absolute Gasteiger partial charge is 0.493 e. The summed E-state index contributed by atoms with van der Waals surface area (Å²) in [6.45, 7) is 0.119. The van der Waals surface area contributed by atoms with Crippen LogP contribution in [0.25, 0.3) is 11.3 Å². The third kappa shape index (κ3) is 3.34. The smallest absolute Gasteiger partial charge is 0.231 e. The van der Waals surface area contributed by atoms with Crippen molar-refractivity contribution in [3.8, 4) is 45.8 Å². The number of aromatic amines is 1. The molecule has 1 amide bonds. The number of hydrogen-bond donors (Lipinski definition) is 2. The minimum absolute atomic E-state index is 0.119. The number of benzene rings is 2. The zero-order valence-electron chi connectivity index (χ0n) is 18.6. The van der Waals surface area contributed by atoms with Gasteiger partial charge in [-0.1, -0.05) is 0 Å². The highest BCUT2D eigenvalue weighted by Crippen LogP contribution is 2.49. The molecule has 10 heteroatoms. The molecule has 0 radical (unpaired) electrons. The minimum Gasteiger partial charge on any atom is -0.493 e. The van der Waals surface area contributed by atoms with Crippen molar-refractivity contribution < 1.29 is 33.2 Å². The summed E-state index contributed by atoms with van der Waals surface area (Å²) < 4.78 is 33.1. The second-order valence-electron chi connectivity index (χ2n) is 7.54. The van der Waals surface area contributed by atoms with Crippen LogP contribution in [0.5, 0.6) is 34.5 Å². The summed E-state index contributed by atoms with van der Waals surface area (Å²) in [5.74, 6) is 3.22. The van der Waals surface area contributed by atoms with Gasteiger partial charge in [-0.05, 0) is 29.8 Å². The van der Waals surface area contributed by atoms with Crippen molar-refractivity contribution in [2.45, 2.75) is 12.3 Å². The topological polar surface area (TPSA) is 113 Å². The fraction of sp³-hybridized carbons (Fsp3) is 0.304. The molecule has 0 saturated carbocycles. The zero-order valence-corrected chi connectivity index (χ0v) is 18.6. The third-order valence-corrected chi connectivity index (χ3v) is 5.84. The number of ether oxygens (including phenoxy) is 6. The number of amides is 1. The van der Waals surface area contributed by atoms with Crippen LogP contribution in [0.15, 0.2) is 24.3 Å². The van der Waals surface area contributed by atoms with Gasteiger partial charge in [0.05, 0.1) is 34.1 Å². The Labute approximate surface area is 189 Å². The third-order valence-electron chi connectivity index (χ3n) is 5.84. The van der Waals surface area contributed by atoms with Gasteiger partial charge in [-0.15, -0.1) is 0 Å². The van der Waals surface area contributed by atoms with Crippen LogP contribution in [0, 0.1) is 0 Å². The number of hydrogen-bond acceptors (Lipinski definition) is 8. The van der Waals surface area contributed by atoms with E-state index in [1.54, 1.807) is 28.4 Å². The Kier molecular flexibility index (Phi) is 5.12. The lowest BCUT2D eigenvalue weighted by atomic mass is 9.84. The lowest BCUT2D eigenvalue weighted by molar-refractivity contribution is -0.116. The van der Waals surface area contributed by atoms with E-state index >= 15 is 0 Å². The van der Waals surface area contributed by atoms with E-state index in [4.69, 9.17) is 28.4 Å². The summed E-state index contributed by atoms with van der Waals surface area (Å²) in [7, 11) is 6.24. The first-order valence-corrected chi connectivity index (χ1v) is 10.2. The van der Waals surface area contributed by atoms with Crippen molar-refractivity contribution in [1.82, 2.24) is 10.2 Å². The first kappa shape index (κ1) is 20.8. The summed E-state index contributed by atoms with van der Waals surface area (Å²) in [6, 6.07) is 7.42. The van der Waals surface area contributed by atoms with Gasteiger partial charge in [0, 0.05) is 23.5 Å². The molecule has 0 saturated heterocycles. The quantitative estimate of drug-likeness (QED) is 0.585. The van der Waals surface area contributed by atoms with Crippen LogP contribution in [0.1, 0.15) is 23.5 Å². The van der Waals surface area contributed by atoms with E-state index in [2.05, 4.69) is 15.5 Å². The first-order chi connectivity index (χ1) is 16.1. The molecule has 0 aliphatic carbocycles. The predicted octanol–water partition coefficient (Wildman–Crippen LogP) is 3.31. The average molecular weight is 453 g/mol. The average Bonchev–Trinajstić information content (AvgIpc) is 3.48. The maximum Gasteiger partial charge on any atom is 0.231 e. The van der Waals surface area contributed by atoms with Gasteiger partial charge in [0.15, 0.2) is 28.8 Å². The van der Waals surface area contributed by atoms with Gasteiger partial charge in [-0.2, -0.15) is 5.10 Å². The molecule has 33 heavy (non-hydrogen) atoms. The Morgan fingerprint density at radius 2 is 1.67 bits per heavy atom. The van der Waals surface area contributed by atoms with E-state index in [9.17, 15) is 4.79 Å². The molecule has 5 rings (SSSR count). The van der Waals surface area contributed by atoms with Crippen molar-refractivity contribution in [1.29, 1.82) is 0 Å². The van der Waals surface area contributed by atoms with Gasteiger partial charge in [-0.3, -0.25) is 9.89 Å². The standard InChI is InChI=1S/C23H23N3O7/c1-28-14-7-12(8-15(29-2)21(14)31-4)20-19-13(9-18(27)24-23(19)26-25-20)11-5-16(30-3)22-17(6-11)32-10-33-22/h5-8,13H,9-10H2,1-4H3,(H2,24,25,26,27). The molecule has 0 fully saturated rings. The predicted molar refractivity (Wildman–Crippen MR) is 118 cm³/mol. The summed E-state index contributed by atoms with van der Waals surface area (Å²) in [4.78, 5) is 12.5. The van der Waals surface area contributed by atoms with Crippen LogP contribution in [0.4, 0.5) is 5.82 Å². The fourth-order valence-electron chi connectivity index (χ4n) is 4.34. The number of H-pyrrole nitrogens is 1. The van der Waals surface area contributed by atoms with Gasteiger partial charge >= 0.3 is 0 Å². The maximum absolute atomic E-state index is 12.5. The molecule has 172 valence electrons. The maximum atomic E-state index is 12.5. The molecule has 0 bridgehead atoms. The molecule has 0 spiro atoms. The Morgan fingerprint density at radius 1 is 0.939 bits per heavy atom. The second-order valence-corrected chi connectivity index (χ2v) is 7.54. The number of nitrogens with zero attached hydrogens (tertiary/aromatic N) is 1. The van der Waals surface area contributed by atoms with Gasteiger partial charge in [0.1, 0.15) is 0 Å².